The minimum Gasteiger partial charge on any atom is -0.508 e. The zero-order valence-corrected chi connectivity index (χ0v) is 37.5. The second-order valence-electron chi connectivity index (χ2n) is 17.3. The lowest BCUT2D eigenvalue weighted by Crippen LogP contribution is -2.66. The molecule has 3 aromatic carbocycles. The van der Waals surface area contributed by atoms with Gasteiger partial charge in [-0.3, -0.25) is 4.79 Å². The molecule has 0 aliphatic carbocycles. The van der Waals surface area contributed by atoms with Gasteiger partial charge in [-0.05, 0) is 55.0 Å². The van der Waals surface area contributed by atoms with Gasteiger partial charge < -0.3 is 119 Å². The van der Waals surface area contributed by atoms with E-state index in [1.165, 1.54) is 61.5 Å². The molecule has 72 heavy (non-hydrogen) atoms. The summed E-state index contributed by atoms with van der Waals surface area (Å²) in [5.74, 6) is -4.01. The number of aliphatic hydroxyl groups excluding tert-OH is 10. The Labute approximate surface area is 405 Å². The Morgan fingerprint density at radius 3 is 2.00 bits per heavy atom. The molecule has 4 fully saturated rings. The Balaban J connectivity index is 1.17. The molecule has 4 aliphatic rings. The number of carbonyl (C=O) groups excluding carboxylic acids is 1. The third-order valence-corrected chi connectivity index (χ3v) is 12.2. The summed E-state index contributed by atoms with van der Waals surface area (Å²) in [5, 5.41) is 148. The van der Waals surface area contributed by atoms with Crippen LogP contribution in [0, 0.1) is 0 Å². The standard InChI is InChI=1S/C46H52O26/c1-16-28(53)39(69-43-33(58)29(54)23(51)14-63-43)36(61)44(65-16)64-15-25-38(68-26(52)11-4-17-2-7-19(47)8-3-17)35(60)41(71-45-34(59)31(56)32(57)42(62)72-45)46(67-25)70-40-30(55)27-22(50)12-21(49)13-24(27)66-37(40)18-5-9-20(48)10-6-18/h2-13,16,23,25,28-29,31-36,38-39,41-51,53-54,56-62H,14-15H2,1H3/t16-,23+,25+,28-,29-,31+,32+,33+,34+,35-,36+,38-,39+,41+,42+,43-,44+,45+,46-/m0/s1. The highest BCUT2D eigenvalue weighted by atomic mass is 16.8. The molecule has 0 amide bonds. The van der Waals surface area contributed by atoms with Gasteiger partial charge in [0.1, 0.15) is 101 Å². The summed E-state index contributed by atoms with van der Waals surface area (Å²) >= 11 is 0. The molecule has 19 atom stereocenters. The Hall–Kier alpha value is -5.60. The molecule has 4 aromatic rings. The van der Waals surface area contributed by atoms with Crippen molar-refractivity contribution >= 4 is 23.0 Å². The topological polar surface area (TPSA) is 414 Å². The molecule has 1 aromatic heterocycles. The molecular formula is C46H52O26. The lowest BCUT2D eigenvalue weighted by molar-refractivity contribution is -0.381. The fourth-order valence-electron chi connectivity index (χ4n) is 8.27. The van der Waals surface area contributed by atoms with Gasteiger partial charge in [-0.15, -0.1) is 0 Å². The van der Waals surface area contributed by atoms with Crippen molar-refractivity contribution in [2.75, 3.05) is 13.2 Å². The Bertz CT molecular complexity index is 2590. The van der Waals surface area contributed by atoms with E-state index in [4.69, 9.17) is 47.0 Å². The van der Waals surface area contributed by atoms with E-state index >= 15 is 0 Å². The van der Waals surface area contributed by atoms with Gasteiger partial charge in [0.05, 0.1) is 19.3 Å². The first-order valence-electron chi connectivity index (χ1n) is 22.2. The van der Waals surface area contributed by atoms with Gasteiger partial charge in [0.2, 0.25) is 17.5 Å². The van der Waals surface area contributed by atoms with E-state index in [0.29, 0.717) is 5.56 Å². The van der Waals surface area contributed by atoms with Gasteiger partial charge in [0.25, 0.3) is 0 Å². The highest BCUT2D eigenvalue weighted by Gasteiger charge is 2.55. The van der Waals surface area contributed by atoms with Crippen molar-refractivity contribution in [3.8, 4) is 40.1 Å². The molecule has 4 aliphatic heterocycles. The van der Waals surface area contributed by atoms with Crippen molar-refractivity contribution in [1.82, 2.24) is 0 Å². The van der Waals surface area contributed by atoms with Crippen LogP contribution < -0.4 is 10.2 Å². The Morgan fingerprint density at radius 2 is 1.31 bits per heavy atom. The maximum absolute atomic E-state index is 14.5. The SMILES string of the molecule is C[C@@H]1O[C@@H](OC[C@H]2O[C@@H](Oc3c(-c4ccc(O)cc4)oc4cc(O)cc(O)c4c3=O)[C@H](O[C@@H]3O[C@@H](O)[C@H](O)[C@@H](O)[C@H]3O)[C@@H](O)[C@H]2OC(=O)C=Cc2ccc(O)cc2)[C@H](O)[C@H](O[C@@H]2OC[C@@H](O)[C@H](O)[C@H]2O)[C@H]1O. The fourth-order valence-corrected chi connectivity index (χ4v) is 8.27. The number of phenols is 4. The number of phenolic OH excluding ortho intramolecular Hbond substituents is 4. The van der Waals surface area contributed by atoms with Crippen molar-refractivity contribution in [2.24, 2.45) is 0 Å². The summed E-state index contributed by atoms with van der Waals surface area (Å²) in [5.41, 5.74) is -1.07. The number of rotatable bonds is 13. The van der Waals surface area contributed by atoms with Crippen LogP contribution in [-0.4, -0.2) is 208 Å². The molecule has 4 saturated heterocycles. The zero-order chi connectivity index (χ0) is 51.9. The molecule has 0 unspecified atom stereocenters. The number of fused-ring (bicyclic) bond motifs is 1. The predicted molar refractivity (Wildman–Crippen MR) is 234 cm³/mol. The average molecular weight is 1020 g/mol. The lowest BCUT2D eigenvalue weighted by atomic mass is 9.97. The first-order valence-corrected chi connectivity index (χ1v) is 22.2. The van der Waals surface area contributed by atoms with Crippen LogP contribution in [0.1, 0.15) is 12.5 Å². The van der Waals surface area contributed by atoms with Gasteiger partial charge in [-0.25, -0.2) is 4.79 Å². The molecular weight excluding hydrogens is 968 g/mol. The fraction of sp³-hybridized carbons (Fsp3) is 0.478. The van der Waals surface area contributed by atoms with Crippen molar-refractivity contribution in [2.45, 2.75) is 124 Å². The molecule has 14 N–H and O–H groups in total. The third kappa shape index (κ3) is 11.0. The largest absolute Gasteiger partial charge is 0.508 e. The number of carbonyl (C=O) groups is 1. The minimum absolute atomic E-state index is 0.0326. The monoisotopic (exact) mass is 1020 g/mol. The molecule has 26 heteroatoms. The predicted octanol–water partition coefficient (Wildman–Crippen LogP) is -3.18. The van der Waals surface area contributed by atoms with Crippen LogP contribution >= 0.6 is 0 Å². The van der Waals surface area contributed by atoms with Crippen LogP contribution in [-0.2, 0) is 42.7 Å². The van der Waals surface area contributed by atoms with Gasteiger partial charge in [0, 0.05) is 23.8 Å². The molecule has 0 saturated carbocycles. The Kier molecular flexibility index (Phi) is 16.0. The number of aliphatic hydroxyl groups is 10. The van der Waals surface area contributed by atoms with Crippen LogP contribution in [0.5, 0.6) is 28.7 Å². The first-order chi connectivity index (χ1) is 34.2. The average Bonchev–Trinajstić information content (AvgIpc) is 3.34. The molecule has 0 spiro atoms. The number of ether oxygens (including phenoxy) is 9. The number of hydrogen-bond acceptors (Lipinski definition) is 26. The van der Waals surface area contributed by atoms with E-state index in [9.17, 15) is 81.1 Å². The normalized spacial score (nSPS) is 36.3. The maximum atomic E-state index is 14.5. The van der Waals surface area contributed by atoms with E-state index in [1.807, 2.05) is 0 Å². The number of benzene rings is 3. The molecule has 26 nitrogen and oxygen atoms in total. The van der Waals surface area contributed by atoms with Gasteiger partial charge >= 0.3 is 5.97 Å². The van der Waals surface area contributed by atoms with Crippen molar-refractivity contribution in [3.05, 3.63) is 82.5 Å². The van der Waals surface area contributed by atoms with E-state index in [2.05, 4.69) is 0 Å². The van der Waals surface area contributed by atoms with Gasteiger partial charge in [-0.1, -0.05) is 12.1 Å². The lowest BCUT2D eigenvalue weighted by Gasteiger charge is -2.47. The summed E-state index contributed by atoms with van der Waals surface area (Å²) in [6, 6.07) is 12.4. The Morgan fingerprint density at radius 1 is 0.653 bits per heavy atom. The van der Waals surface area contributed by atoms with Gasteiger partial charge in [-0.2, -0.15) is 0 Å². The smallest absolute Gasteiger partial charge is 0.331 e. The second kappa shape index (κ2) is 21.9. The molecule has 8 rings (SSSR count). The molecule has 5 heterocycles. The van der Waals surface area contributed by atoms with Crippen LogP contribution in [0.2, 0.25) is 0 Å². The summed E-state index contributed by atoms with van der Waals surface area (Å²) < 4.78 is 58.0. The summed E-state index contributed by atoms with van der Waals surface area (Å²) in [6.07, 6.45) is -34.0. The van der Waals surface area contributed by atoms with E-state index < -0.39 is 170 Å². The highest BCUT2D eigenvalue weighted by Crippen LogP contribution is 2.39. The van der Waals surface area contributed by atoms with Crippen LogP contribution in [0.15, 0.2) is 76.0 Å². The first kappa shape index (κ1) is 52.7. The second-order valence-corrected chi connectivity index (χ2v) is 17.3. The van der Waals surface area contributed by atoms with Crippen molar-refractivity contribution in [3.63, 3.8) is 0 Å². The number of esters is 1. The maximum Gasteiger partial charge on any atom is 0.331 e. The van der Waals surface area contributed by atoms with Crippen LogP contribution in [0.3, 0.4) is 0 Å². The van der Waals surface area contributed by atoms with Crippen molar-refractivity contribution in [1.29, 1.82) is 0 Å². The summed E-state index contributed by atoms with van der Waals surface area (Å²) in [4.78, 5) is 28.1. The van der Waals surface area contributed by atoms with E-state index in [0.717, 1.165) is 18.2 Å². The van der Waals surface area contributed by atoms with E-state index in [1.54, 1.807) is 0 Å². The number of hydrogen-bond donors (Lipinski definition) is 14. The van der Waals surface area contributed by atoms with Gasteiger partial charge in [0.15, 0.2) is 43.1 Å². The molecule has 0 bridgehead atoms. The van der Waals surface area contributed by atoms with Crippen molar-refractivity contribution < 1.29 is 123 Å². The molecule has 0 radical (unpaired) electrons. The van der Waals surface area contributed by atoms with Crippen LogP contribution in [0.25, 0.3) is 28.4 Å². The highest BCUT2D eigenvalue weighted by molar-refractivity contribution is 5.88. The quantitative estimate of drug-likeness (QED) is 0.0464. The molecule has 392 valence electrons. The summed E-state index contributed by atoms with van der Waals surface area (Å²) in [6.45, 7) is -0.0196. The zero-order valence-electron chi connectivity index (χ0n) is 37.5. The van der Waals surface area contributed by atoms with E-state index in [-0.39, 0.29) is 22.6 Å². The number of aromatic hydroxyl groups is 4. The summed E-state index contributed by atoms with van der Waals surface area (Å²) in [7, 11) is 0. The minimum atomic E-state index is -2.25. The third-order valence-electron chi connectivity index (χ3n) is 12.2. The van der Waals surface area contributed by atoms with Crippen LogP contribution in [0.4, 0.5) is 0 Å².